The van der Waals surface area contributed by atoms with Crippen LogP contribution in [0.3, 0.4) is 0 Å². The fourth-order valence-corrected chi connectivity index (χ4v) is 3.75. The van der Waals surface area contributed by atoms with E-state index in [2.05, 4.69) is 0 Å². The number of hydrogen-bond acceptors (Lipinski definition) is 4. The highest BCUT2D eigenvalue weighted by molar-refractivity contribution is 6.32. The fraction of sp³-hybridized carbons (Fsp3) is 0.667. The summed E-state index contributed by atoms with van der Waals surface area (Å²) in [6, 6.07) is 1.59. The van der Waals surface area contributed by atoms with Crippen LogP contribution < -0.4 is 0 Å². The van der Waals surface area contributed by atoms with Crippen LogP contribution in [0.4, 0.5) is 0 Å². The quantitative estimate of drug-likeness (QED) is 0.930. The van der Waals surface area contributed by atoms with Gasteiger partial charge in [0.2, 0.25) is 5.22 Å². The van der Waals surface area contributed by atoms with Gasteiger partial charge in [0.1, 0.15) is 0 Å². The van der Waals surface area contributed by atoms with Gasteiger partial charge < -0.3 is 19.2 Å². The summed E-state index contributed by atoms with van der Waals surface area (Å²) in [6.07, 6.45) is 3.45. The normalized spacial score (nSPS) is 27.7. The Hall–Kier alpha value is -1.04. The fourth-order valence-electron chi connectivity index (χ4n) is 3.56. The number of ether oxygens (including phenoxy) is 1. The minimum atomic E-state index is -0.316. The van der Waals surface area contributed by atoms with E-state index in [9.17, 15) is 9.90 Å². The Labute approximate surface area is 128 Å². The van der Waals surface area contributed by atoms with E-state index >= 15 is 0 Å². The summed E-state index contributed by atoms with van der Waals surface area (Å²) >= 11 is 5.86. The van der Waals surface area contributed by atoms with E-state index in [4.69, 9.17) is 20.8 Å². The van der Waals surface area contributed by atoms with E-state index in [0.29, 0.717) is 31.7 Å². The lowest BCUT2D eigenvalue weighted by atomic mass is 9.58. The van der Waals surface area contributed by atoms with Crippen LogP contribution in [-0.2, 0) is 4.74 Å². The number of amides is 1. The molecule has 1 saturated heterocycles. The first kappa shape index (κ1) is 14.9. The van der Waals surface area contributed by atoms with Crippen molar-refractivity contribution in [2.45, 2.75) is 38.4 Å². The van der Waals surface area contributed by atoms with Crippen molar-refractivity contribution in [1.82, 2.24) is 4.90 Å². The van der Waals surface area contributed by atoms with Gasteiger partial charge >= 0.3 is 0 Å². The van der Waals surface area contributed by atoms with Crippen molar-refractivity contribution in [3.8, 4) is 0 Å². The molecule has 1 aromatic rings. The first-order valence-corrected chi connectivity index (χ1v) is 7.78. The van der Waals surface area contributed by atoms with Gasteiger partial charge in [-0.3, -0.25) is 4.79 Å². The van der Waals surface area contributed by atoms with Crippen molar-refractivity contribution < 1.29 is 19.1 Å². The average molecular weight is 314 g/mol. The van der Waals surface area contributed by atoms with E-state index in [0.717, 1.165) is 12.8 Å². The third kappa shape index (κ3) is 2.37. The zero-order chi connectivity index (χ0) is 15.0. The van der Waals surface area contributed by atoms with Gasteiger partial charge in [-0.1, -0.05) is 0 Å². The smallest absolute Gasteiger partial charge is 0.258 e. The molecule has 2 aliphatic rings. The Morgan fingerprint density at radius 3 is 2.81 bits per heavy atom. The molecule has 0 unspecified atom stereocenters. The molecule has 1 N–H and O–H groups in total. The molecule has 21 heavy (non-hydrogen) atoms. The minimum absolute atomic E-state index is 0.106. The zero-order valence-electron chi connectivity index (χ0n) is 12.0. The van der Waals surface area contributed by atoms with Gasteiger partial charge in [0.05, 0.1) is 24.0 Å². The SMILES string of the molecule is CCO[C@@H]1C[C@@H](O)C12CCN(C(=O)c1ccoc1Cl)CC2. The number of aliphatic hydroxyl groups is 1. The highest BCUT2D eigenvalue weighted by atomic mass is 35.5. The molecule has 0 aromatic carbocycles. The molecule has 1 aromatic heterocycles. The number of piperidine rings is 1. The van der Waals surface area contributed by atoms with Crippen molar-refractivity contribution in [2.75, 3.05) is 19.7 Å². The second-order valence-electron chi connectivity index (χ2n) is 5.83. The summed E-state index contributed by atoms with van der Waals surface area (Å²) in [4.78, 5) is 14.1. The predicted octanol–water partition coefficient (Wildman–Crippen LogP) is 2.33. The predicted molar refractivity (Wildman–Crippen MR) is 77.3 cm³/mol. The molecule has 2 fully saturated rings. The summed E-state index contributed by atoms with van der Waals surface area (Å²) in [6.45, 7) is 3.85. The van der Waals surface area contributed by atoms with E-state index in [-0.39, 0.29) is 28.7 Å². The van der Waals surface area contributed by atoms with E-state index in [1.807, 2.05) is 6.92 Å². The third-order valence-corrected chi connectivity index (χ3v) is 5.23. The summed E-state index contributed by atoms with van der Waals surface area (Å²) in [5, 5.41) is 10.3. The van der Waals surface area contributed by atoms with E-state index in [1.54, 1.807) is 11.0 Å². The minimum Gasteiger partial charge on any atom is -0.452 e. The molecule has 6 heteroatoms. The van der Waals surface area contributed by atoms with Gasteiger partial charge in [-0.25, -0.2) is 0 Å². The van der Waals surface area contributed by atoms with Gasteiger partial charge in [0.25, 0.3) is 5.91 Å². The summed E-state index contributed by atoms with van der Waals surface area (Å²) in [7, 11) is 0. The number of rotatable bonds is 3. The molecule has 1 amide bonds. The van der Waals surface area contributed by atoms with Gasteiger partial charge in [0.15, 0.2) is 0 Å². The highest BCUT2D eigenvalue weighted by Gasteiger charge is 2.56. The molecule has 2 atom stereocenters. The molecular formula is C15H20ClNO4. The molecule has 3 rings (SSSR count). The molecule has 1 aliphatic carbocycles. The molecule has 0 radical (unpaired) electrons. The van der Waals surface area contributed by atoms with Crippen LogP contribution in [0.2, 0.25) is 5.22 Å². The number of aliphatic hydroxyl groups excluding tert-OH is 1. The first-order chi connectivity index (χ1) is 10.1. The lowest BCUT2D eigenvalue weighted by Gasteiger charge is -2.56. The van der Waals surface area contributed by atoms with Crippen LogP contribution >= 0.6 is 11.6 Å². The number of hydrogen-bond donors (Lipinski definition) is 1. The molecule has 1 aliphatic heterocycles. The second kappa shape index (κ2) is 5.63. The third-order valence-electron chi connectivity index (χ3n) is 4.94. The maximum absolute atomic E-state index is 12.4. The van der Waals surface area contributed by atoms with Crippen LogP contribution in [0, 0.1) is 5.41 Å². The Balaban J connectivity index is 1.65. The van der Waals surface area contributed by atoms with Crippen molar-refractivity contribution in [1.29, 1.82) is 0 Å². The van der Waals surface area contributed by atoms with Crippen molar-refractivity contribution >= 4 is 17.5 Å². The van der Waals surface area contributed by atoms with Crippen molar-refractivity contribution in [2.24, 2.45) is 5.41 Å². The number of carbonyl (C=O) groups is 1. The number of nitrogens with zero attached hydrogens (tertiary/aromatic N) is 1. The summed E-state index contributed by atoms with van der Waals surface area (Å²) in [5.74, 6) is -0.106. The summed E-state index contributed by atoms with van der Waals surface area (Å²) in [5.41, 5.74) is 0.232. The Bertz CT molecular complexity index is 519. The Kier molecular flexibility index (Phi) is 3.99. The summed E-state index contributed by atoms with van der Waals surface area (Å²) < 4.78 is 10.7. The van der Waals surface area contributed by atoms with Crippen LogP contribution in [0.1, 0.15) is 36.5 Å². The second-order valence-corrected chi connectivity index (χ2v) is 6.17. The van der Waals surface area contributed by atoms with Gasteiger partial charge in [-0.15, -0.1) is 0 Å². The van der Waals surface area contributed by atoms with E-state index < -0.39 is 0 Å². The Morgan fingerprint density at radius 2 is 2.29 bits per heavy atom. The number of likely N-dealkylation sites (tertiary alicyclic amines) is 1. The molecule has 0 bridgehead atoms. The van der Waals surface area contributed by atoms with Crippen molar-refractivity contribution in [3.63, 3.8) is 0 Å². The molecule has 2 heterocycles. The molecule has 1 spiro atoms. The van der Waals surface area contributed by atoms with Gasteiger partial charge in [0, 0.05) is 31.5 Å². The van der Waals surface area contributed by atoms with E-state index in [1.165, 1.54) is 6.26 Å². The topological polar surface area (TPSA) is 62.9 Å². The molecule has 116 valence electrons. The lowest BCUT2D eigenvalue weighted by molar-refractivity contribution is -0.207. The van der Waals surface area contributed by atoms with Gasteiger partial charge in [-0.2, -0.15) is 0 Å². The molecular weight excluding hydrogens is 294 g/mol. The van der Waals surface area contributed by atoms with Crippen LogP contribution in [0.5, 0.6) is 0 Å². The number of carbonyl (C=O) groups excluding carboxylic acids is 1. The highest BCUT2D eigenvalue weighted by Crippen LogP contribution is 2.51. The Morgan fingerprint density at radius 1 is 1.57 bits per heavy atom. The maximum atomic E-state index is 12.4. The molecule has 5 nitrogen and oxygen atoms in total. The number of halogens is 1. The average Bonchev–Trinajstić information content (AvgIpc) is 2.92. The first-order valence-electron chi connectivity index (χ1n) is 7.40. The largest absolute Gasteiger partial charge is 0.452 e. The van der Waals surface area contributed by atoms with Crippen LogP contribution in [-0.4, -0.2) is 47.8 Å². The molecule has 1 saturated carbocycles. The monoisotopic (exact) mass is 313 g/mol. The standard InChI is InChI=1S/C15H20ClNO4/c1-2-20-12-9-11(18)15(12)4-6-17(7-5-15)14(19)10-3-8-21-13(10)16/h3,8,11-12,18H,2,4-7,9H2,1H3/t11-,12-/m1/s1. The number of furan rings is 1. The van der Waals surface area contributed by atoms with Gasteiger partial charge in [-0.05, 0) is 37.4 Å². The maximum Gasteiger partial charge on any atom is 0.258 e. The lowest BCUT2D eigenvalue weighted by Crippen LogP contribution is -2.62. The van der Waals surface area contributed by atoms with Crippen molar-refractivity contribution in [3.05, 3.63) is 23.1 Å². The zero-order valence-corrected chi connectivity index (χ0v) is 12.8. The van der Waals surface area contributed by atoms with Crippen LogP contribution in [0.15, 0.2) is 16.7 Å². The van der Waals surface area contributed by atoms with Crippen LogP contribution in [0.25, 0.3) is 0 Å².